The van der Waals surface area contributed by atoms with Gasteiger partial charge in [0.1, 0.15) is 0 Å². The number of hydrazine groups is 1. The van der Waals surface area contributed by atoms with E-state index in [1.165, 1.54) is 26.0 Å². The molecule has 0 aliphatic carbocycles. The number of nitrogens with zero attached hydrogens (tertiary/aromatic N) is 3. The Hall–Kier alpha value is -3.60. The molecule has 2 aromatic carbocycles. The summed E-state index contributed by atoms with van der Waals surface area (Å²) in [5.74, 6) is 5.23. The van der Waals surface area contributed by atoms with Crippen molar-refractivity contribution in [1.29, 1.82) is 0 Å². The number of nitrogens with two attached hydrogens (primary N) is 2. The lowest BCUT2D eigenvalue weighted by Crippen LogP contribution is -2.37. The van der Waals surface area contributed by atoms with Gasteiger partial charge in [0.2, 0.25) is 11.8 Å². The summed E-state index contributed by atoms with van der Waals surface area (Å²) in [5, 5.41) is 8.23. The maximum atomic E-state index is 12.7. The number of amides is 2. The normalized spacial score (nSPS) is 11.8. The molecule has 32 heavy (non-hydrogen) atoms. The number of amidine groups is 1. The van der Waals surface area contributed by atoms with Crippen molar-refractivity contribution in [3.8, 4) is 0 Å². The SMILES string of the molecule is CC(=O)N(CCCN(N)/N=C(\N)c1ccccc1Nc1ccc(C(F)(F)F)cc1)C(C)=O. The van der Waals surface area contributed by atoms with Crippen LogP contribution in [0.1, 0.15) is 31.4 Å². The number of hydrogen-bond donors (Lipinski definition) is 3. The van der Waals surface area contributed by atoms with Gasteiger partial charge in [0.05, 0.1) is 12.1 Å². The molecule has 2 aromatic rings. The second-order valence-corrected chi connectivity index (χ2v) is 6.94. The Morgan fingerprint density at radius 1 is 1.00 bits per heavy atom. The Bertz CT molecular complexity index is 962. The Morgan fingerprint density at radius 3 is 2.16 bits per heavy atom. The van der Waals surface area contributed by atoms with Crippen molar-refractivity contribution in [2.45, 2.75) is 26.4 Å². The first-order chi connectivity index (χ1) is 15.0. The van der Waals surface area contributed by atoms with Gasteiger partial charge in [-0.15, -0.1) is 5.10 Å². The molecule has 0 aromatic heterocycles. The minimum absolute atomic E-state index is 0.0810. The second-order valence-electron chi connectivity index (χ2n) is 6.94. The summed E-state index contributed by atoms with van der Waals surface area (Å²) in [6.07, 6.45) is -4.03. The molecular weight excluding hydrogens is 425 g/mol. The van der Waals surface area contributed by atoms with Crippen LogP contribution < -0.4 is 16.9 Å². The summed E-state index contributed by atoms with van der Waals surface area (Å²) in [7, 11) is 0. The third-order valence-corrected chi connectivity index (χ3v) is 4.46. The van der Waals surface area contributed by atoms with Gasteiger partial charge < -0.3 is 11.1 Å². The predicted octanol–water partition coefficient (Wildman–Crippen LogP) is 3.03. The van der Waals surface area contributed by atoms with Crippen LogP contribution in [0.3, 0.4) is 0 Å². The van der Waals surface area contributed by atoms with Crippen LogP contribution in [-0.4, -0.2) is 40.8 Å². The number of nitrogens with one attached hydrogen (secondary N) is 1. The van der Waals surface area contributed by atoms with Gasteiger partial charge in [-0.25, -0.2) is 11.0 Å². The number of alkyl halides is 3. The first-order valence-corrected chi connectivity index (χ1v) is 9.67. The number of anilines is 2. The van der Waals surface area contributed by atoms with Crippen molar-refractivity contribution >= 4 is 29.0 Å². The summed E-state index contributed by atoms with van der Waals surface area (Å²) in [5.41, 5.74) is 6.80. The van der Waals surface area contributed by atoms with E-state index in [1.807, 2.05) is 0 Å². The lowest BCUT2D eigenvalue weighted by Gasteiger charge is -2.19. The molecule has 0 unspecified atom stereocenters. The molecule has 0 aliphatic rings. The molecular formula is C21H25F3N6O2. The van der Waals surface area contributed by atoms with E-state index in [2.05, 4.69) is 10.4 Å². The van der Waals surface area contributed by atoms with E-state index >= 15 is 0 Å². The zero-order valence-electron chi connectivity index (χ0n) is 17.7. The number of carbonyl (C=O) groups excluding carboxylic acids is 2. The fourth-order valence-electron chi connectivity index (χ4n) is 2.88. The summed E-state index contributed by atoms with van der Waals surface area (Å²) < 4.78 is 38.2. The van der Waals surface area contributed by atoms with Crippen molar-refractivity contribution in [1.82, 2.24) is 10.0 Å². The fourth-order valence-corrected chi connectivity index (χ4v) is 2.88. The molecule has 2 rings (SSSR count). The van der Waals surface area contributed by atoms with E-state index in [0.717, 1.165) is 22.2 Å². The largest absolute Gasteiger partial charge is 0.416 e. The van der Waals surface area contributed by atoms with Crippen molar-refractivity contribution in [3.05, 3.63) is 59.7 Å². The van der Waals surface area contributed by atoms with Crippen LogP contribution in [-0.2, 0) is 15.8 Å². The van der Waals surface area contributed by atoms with Gasteiger partial charge in [-0.3, -0.25) is 14.5 Å². The highest BCUT2D eigenvalue weighted by molar-refractivity contribution is 6.02. The van der Waals surface area contributed by atoms with Crippen LogP contribution in [0.15, 0.2) is 53.6 Å². The van der Waals surface area contributed by atoms with E-state index in [-0.39, 0.29) is 30.7 Å². The fraction of sp³-hybridized carbons (Fsp3) is 0.286. The highest BCUT2D eigenvalue weighted by Crippen LogP contribution is 2.30. The molecule has 0 radical (unpaired) electrons. The van der Waals surface area contributed by atoms with Crippen molar-refractivity contribution in [2.24, 2.45) is 16.7 Å². The maximum absolute atomic E-state index is 12.7. The average Bonchev–Trinajstić information content (AvgIpc) is 2.70. The first-order valence-electron chi connectivity index (χ1n) is 9.67. The smallest absolute Gasteiger partial charge is 0.382 e. The van der Waals surface area contributed by atoms with Crippen LogP contribution >= 0.6 is 0 Å². The number of carbonyl (C=O) groups is 2. The summed E-state index contributed by atoms with van der Waals surface area (Å²) in [4.78, 5) is 24.0. The lowest BCUT2D eigenvalue weighted by molar-refractivity contribution is -0.142. The van der Waals surface area contributed by atoms with E-state index < -0.39 is 11.7 Å². The number of rotatable bonds is 8. The molecule has 0 spiro atoms. The third kappa shape index (κ3) is 6.98. The van der Waals surface area contributed by atoms with E-state index in [1.54, 1.807) is 24.3 Å². The molecule has 5 N–H and O–H groups in total. The van der Waals surface area contributed by atoms with Crippen LogP contribution in [0, 0.1) is 0 Å². The second kappa shape index (κ2) is 10.6. The maximum Gasteiger partial charge on any atom is 0.416 e. The molecule has 0 atom stereocenters. The molecule has 11 heteroatoms. The predicted molar refractivity (Wildman–Crippen MR) is 115 cm³/mol. The minimum atomic E-state index is -4.41. The lowest BCUT2D eigenvalue weighted by atomic mass is 10.1. The Morgan fingerprint density at radius 2 is 1.59 bits per heavy atom. The molecule has 0 bridgehead atoms. The number of benzene rings is 2. The van der Waals surface area contributed by atoms with Crippen molar-refractivity contribution in [2.75, 3.05) is 18.4 Å². The van der Waals surface area contributed by atoms with Crippen LogP contribution in [0.25, 0.3) is 0 Å². The van der Waals surface area contributed by atoms with Gasteiger partial charge in [0.15, 0.2) is 5.84 Å². The van der Waals surface area contributed by atoms with Gasteiger partial charge in [-0.05, 0) is 42.8 Å². The summed E-state index contributed by atoms with van der Waals surface area (Å²) in [6, 6.07) is 11.5. The monoisotopic (exact) mass is 450 g/mol. The molecule has 0 heterocycles. The Labute approximate surface area is 183 Å². The molecule has 0 saturated carbocycles. The molecule has 172 valence electrons. The Balaban J connectivity index is 2.07. The molecule has 2 amide bonds. The average molecular weight is 450 g/mol. The number of imide groups is 1. The topological polar surface area (TPSA) is 117 Å². The number of hydrogen-bond acceptors (Lipinski definition) is 6. The number of halogens is 3. The van der Waals surface area contributed by atoms with Gasteiger partial charge in [0.25, 0.3) is 0 Å². The number of hydrazone groups is 1. The standard InChI is InChI=1S/C21H25F3N6O2/c1-14(31)29(15(2)32)12-5-13-30(26)28-20(25)18-6-3-4-7-19(18)27-17-10-8-16(9-11-17)21(22,23)24/h3-4,6-11,27H,5,12-13,26H2,1-2H3,(H2,25,28). The van der Waals surface area contributed by atoms with Crippen molar-refractivity contribution < 1.29 is 22.8 Å². The molecule has 0 saturated heterocycles. The van der Waals surface area contributed by atoms with E-state index in [0.29, 0.717) is 23.4 Å². The van der Waals surface area contributed by atoms with E-state index in [4.69, 9.17) is 11.6 Å². The van der Waals surface area contributed by atoms with Gasteiger partial charge in [0, 0.05) is 37.3 Å². The first kappa shape index (κ1) is 24.7. The van der Waals surface area contributed by atoms with Crippen LogP contribution in [0.5, 0.6) is 0 Å². The molecule has 0 fully saturated rings. The highest BCUT2D eigenvalue weighted by atomic mass is 19.4. The van der Waals surface area contributed by atoms with Gasteiger partial charge >= 0.3 is 6.18 Å². The van der Waals surface area contributed by atoms with E-state index in [9.17, 15) is 22.8 Å². The van der Waals surface area contributed by atoms with Gasteiger partial charge in [-0.2, -0.15) is 13.2 Å². The zero-order valence-corrected chi connectivity index (χ0v) is 17.7. The van der Waals surface area contributed by atoms with Gasteiger partial charge in [-0.1, -0.05) is 12.1 Å². The zero-order chi connectivity index (χ0) is 23.9. The third-order valence-electron chi connectivity index (χ3n) is 4.46. The van der Waals surface area contributed by atoms with Crippen molar-refractivity contribution in [3.63, 3.8) is 0 Å². The number of para-hydroxylation sites is 1. The summed E-state index contributed by atoms with van der Waals surface area (Å²) >= 11 is 0. The van der Waals surface area contributed by atoms with Crippen LogP contribution in [0.2, 0.25) is 0 Å². The summed E-state index contributed by atoms with van der Waals surface area (Å²) in [6.45, 7) is 3.03. The van der Waals surface area contributed by atoms with Crippen LogP contribution in [0.4, 0.5) is 24.5 Å². The molecule has 8 nitrogen and oxygen atoms in total. The highest BCUT2D eigenvalue weighted by Gasteiger charge is 2.29. The molecule has 0 aliphatic heterocycles. The quantitative estimate of drug-likeness (QED) is 0.246. The Kier molecular flexibility index (Phi) is 8.19. The minimum Gasteiger partial charge on any atom is -0.382 e.